The Kier molecular flexibility index (Phi) is 6.80. The Hall–Kier alpha value is -2.74. The summed E-state index contributed by atoms with van der Waals surface area (Å²) in [5.41, 5.74) is 1.44. The number of thiazole rings is 1. The van der Waals surface area contributed by atoms with E-state index in [4.69, 9.17) is 4.74 Å². The van der Waals surface area contributed by atoms with Gasteiger partial charge in [0.15, 0.2) is 0 Å². The molecule has 34 heavy (non-hydrogen) atoms. The highest BCUT2D eigenvalue weighted by molar-refractivity contribution is 7.21. The third-order valence-electron chi connectivity index (χ3n) is 5.71. The molecular formula is C21H24F3N5O4S. The second-order valence-corrected chi connectivity index (χ2v) is 9.09. The highest BCUT2D eigenvalue weighted by atomic mass is 32.1. The largest absolute Gasteiger partial charge is 0.494 e. The average Bonchev–Trinajstić information content (AvgIpc) is 3.33. The van der Waals surface area contributed by atoms with Crippen LogP contribution in [-0.2, 0) is 0 Å². The Morgan fingerprint density at radius 1 is 1.18 bits per heavy atom. The number of halogens is 3. The molecule has 13 heteroatoms. The average molecular weight is 500 g/mol. The number of anilines is 2. The zero-order chi connectivity index (χ0) is 24.6. The summed E-state index contributed by atoms with van der Waals surface area (Å²) in [6.45, 7) is -0.0102. The van der Waals surface area contributed by atoms with Gasteiger partial charge in [-0.3, -0.25) is 0 Å². The minimum atomic E-state index is -4.47. The van der Waals surface area contributed by atoms with Gasteiger partial charge in [0, 0.05) is 12.5 Å². The van der Waals surface area contributed by atoms with E-state index in [1.54, 1.807) is 13.0 Å². The molecule has 1 fully saturated rings. The van der Waals surface area contributed by atoms with Gasteiger partial charge in [-0.2, -0.15) is 18.2 Å². The molecule has 2 heterocycles. The summed E-state index contributed by atoms with van der Waals surface area (Å²) in [5, 5.41) is 35.8. The lowest BCUT2D eigenvalue weighted by atomic mass is 10.1. The molecule has 1 aromatic carbocycles. The van der Waals surface area contributed by atoms with Crippen LogP contribution in [-0.4, -0.2) is 75.0 Å². The van der Waals surface area contributed by atoms with Crippen molar-refractivity contribution in [2.45, 2.75) is 37.8 Å². The number of aromatic nitrogens is 3. The number of alkyl halides is 3. The normalized spacial score (nSPS) is 22.8. The lowest BCUT2D eigenvalue weighted by Gasteiger charge is -2.21. The quantitative estimate of drug-likeness (QED) is 0.333. The van der Waals surface area contributed by atoms with Crippen molar-refractivity contribution in [3.05, 3.63) is 23.9 Å². The van der Waals surface area contributed by atoms with E-state index in [1.807, 2.05) is 12.1 Å². The molecule has 0 aliphatic heterocycles. The van der Waals surface area contributed by atoms with Crippen molar-refractivity contribution in [3.8, 4) is 16.3 Å². The summed E-state index contributed by atoms with van der Waals surface area (Å²) in [5.74, 6) is -0.0679. The van der Waals surface area contributed by atoms with Gasteiger partial charge in [0.2, 0.25) is 5.95 Å². The van der Waals surface area contributed by atoms with Gasteiger partial charge in [0.1, 0.15) is 34.7 Å². The van der Waals surface area contributed by atoms with Gasteiger partial charge in [-0.1, -0.05) is 6.07 Å². The maximum absolute atomic E-state index is 12.7. The number of nitrogens with one attached hydrogen (secondary N) is 2. The number of ether oxygens (including phenoxy) is 1. The monoisotopic (exact) mass is 499 g/mol. The molecule has 1 aliphatic rings. The molecule has 5 N–H and O–H groups in total. The second-order valence-electron chi connectivity index (χ2n) is 8.06. The van der Waals surface area contributed by atoms with Gasteiger partial charge in [0.25, 0.3) is 0 Å². The van der Waals surface area contributed by atoms with E-state index >= 15 is 0 Å². The Morgan fingerprint density at radius 2 is 1.94 bits per heavy atom. The summed E-state index contributed by atoms with van der Waals surface area (Å²) in [6.07, 6.45) is -6.58. The summed E-state index contributed by atoms with van der Waals surface area (Å²) < 4.78 is 44.4. The highest BCUT2D eigenvalue weighted by Crippen LogP contribution is 2.40. The van der Waals surface area contributed by atoms with Crippen LogP contribution in [0, 0.1) is 12.8 Å². The van der Waals surface area contributed by atoms with Crippen LogP contribution in [0.25, 0.3) is 20.8 Å². The van der Waals surface area contributed by atoms with E-state index in [2.05, 4.69) is 25.6 Å². The van der Waals surface area contributed by atoms with E-state index in [0.717, 1.165) is 4.70 Å². The Morgan fingerprint density at radius 3 is 2.59 bits per heavy atom. The number of methoxy groups -OCH3 is 1. The first kappa shape index (κ1) is 24.4. The molecule has 0 saturated heterocycles. The smallest absolute Gasteiger partial charge is 0.405 e. The Labute approximate surface area is 196 Å². The number of aryl methyl sites for hydroxylation is 1. The van der Waals surface area contributed by atoms with Crippen molar-refractivity contribution in [3.63, 3.8) is 0 Å². The number of rotatable bonds is 7. The fraction of sp³-hybridized carbons (Fsp3) is 0.476. The predicted molar refractivity (Wildman–Crippen MR) is 121 cm³/mol. The van der Waals surface area contributed by atoms with E-state index in [-0.39, 0.29) is 24.8 Å². The molecule has 0 bridgehead atoms. The molecule has 1 aliphatic carbocycles. The molecule has 1 saturated carbocycles. The molecule has 0 spiro atoms. The maximum Gasteiger partial charge on any atom is 0.405 e. The number of para-hydroxylation sites is 1. The predicted octanol–water partition coefficient (Wildman–Crippen LogP) is 2.56. The first-order valence-corrected chi connectivity index (χ1v) is 11.3. The van der Waals surface area contributed by atoms with Gasteiger partial charge in [-0.15, -0.1) is 11.3 Å². The molecule has 0 radical (unpaired) electrons. The summed E-state index contributed by atoms with van der Waals surface area (Å²) in [7, 11) is 1.53. The maximum atomic E-state index is 12.7. The van der Waals surface area contributed by atoms with Gasteiger partial charge < -0.3 is 30.7 Å². The van der Waals surface area contributed by atoms with E-state index in [1.165, 1.54) is 18.4 Å². The number of hydrogen-bond donors (Lipinski definition) is 5. The van der Waals surface area contributed by atoms with Crippen LogP contribution >= 0.6 is 11.3 Å². The van der Waals surface area contributed by atoms with Crippen LogP contribution in [0.1, 0.15) is 12.1 Å². The Balaban J connectivity index is 1.77. The van der Waals surface area contributed by atoms with Gasteiger partial charge >= 0.3 is 6.18 Å². The van der Waals surface area contributed by atoms with E-state index in [9.17, 15) is 28.5 Å². The minimum Gasteiger partial charge on any atom is -0.494 e. The van der Waals surface area contributed by atoms with Crippen molar-refractivity contribution in [2.24, 2.45) is 5.92 Å². The number of nitrogens with zero attached hydrogens (tertiary/aromatic N) is 3. The third kappa shape index (κ3) is 4.87. The lowest BCUT2D eigenvalue weighted by molar-refractivity contribution is -0.115. The summed E-state index contributed by atoms with van der Waals surface area (Å²) in [6, 6.07) is 4.76. The molecule has 3 aromatic rings. The van der Waals surface area contributed by atoms with Crippen molar-refractivity contribution in [1.82, 2.24) is 15.0 Å². The van der Waals surface area contributed by atoms with Crippen LogP contribution in [0.4, 0.5) is 24.9 Å². The number of fused-ring (bicyclic) bond motifs is 1. The SMILES string of the molecule is COc1cccc2sc(-c3c(C)nc(NCC(F)(F)F)nc3N[C@@H]3C[C@H](CO)[C@@H](O)[C@H]3O)nc12. The molecule has 0 unspecified atom stereocenters. The van der Waals surface area contributed by atoms with Crippen LogP contribution in [0.2, 0.25) is 0 Å². The van der Waals surface area contributed by atoms with Crippen LogP contribution in [0.3, 0.4) is 0 Å². The first-order valence-electron chi connectivity index (χ1n) is 10.5. The first-order chi connectivity index (χ1) is 16.1. The fourth-order valence-corrected chi connectivity index (χ4v) is 5.09. The van der Waals surface area contributed by atoms with Crippen molar-refractivity contribution < 1.29 is 33.2 Å². The topological polar surface area (TPSA) is 133 Å². The third-order valence-corrected chi connectivity index (χ3v) is 6.75. The van der Waals surface area contributed by atoms with E-state index in [0.29, 0.717) is 27.5 Å². The summed E-state index contributed by atoms with van der Waals surface area (Å²) >= 11 is 1.33. The standard InChI is InChI=1S/C21H24F3N5O4S/c1-9-14(19-28-15-12(33-2)4-3-5-13(15)34-19)18(29-20(26-9)25-8-21(22,23)24)27-11-6-10(7-30)16(31)17(11)32/h3-5,10-11,16-17,30-32H,6-8H2,1-2H3,(H2,25,26,27,29)/t10-,11-,16-,17+/m1/s1. The molecular weight excluding hydrogens is 475 g/mol. The molecule has 184 valence electrons. The lowest BCUT2D eigenvalue weighted by Crippen LogP contribution is -2.36. The van der Waals surface area contributed by atoms with Crippen molar-refractivity contribution in [2.75, 3.05) is 30.9 Å². The van der Waals surface area contributed by atoms with Crippen LogP contribution in [0.5, 0.6) is 5.75 Å². The van der Waals surface area contributed by atoms with E-state index < -0.39 is 36.9 Å². The zero-order valence-electron chi connectivity index (χ0n) is 18.3. The minimum absolute atomic E-state index is 0.157. The van der Waals surface area contributed by atoms with Crippen molar-refractivity contribution >= 4 is 33.3 Å². The van der Waals surface area contributed by atoms with Crippen LogP contribution < -0.4 is 15.4 Å². The number of aliphatic hydroxyl groups excluding tert-OH is 3. The number of hydrogen-bond acceptors (Lipinski definition) is 10. The number of aliphatic hydroxyl groups is 3. The van der Waals surface area contributed by atoms with Crippen molar-refractivity contribution in [1.29, 1.82) is 0 Å². The van der Waals surface area contributed by atoms with Crippen LogP contribution in [0.15, 0.2) is 18.2 Å². The second kappa shape index (κ2) is 9.49. The highest BCUT2D eigenvalue weighted by Gasteiger charge is 2.41. The molecule has 9 nitrogen and oxygen atoms in total. The van der Waals surface area contributed by atoms with Gasteiger partial charge in [-0.05, 0) is 25.5 Å². The van der Waals surface area contributed by atoms with Gasteiger partial charge in [0.05, 0.1) is 35.2 Å². The summed E-state index contributed by atoms with van der Waals surface area (Å²) in [4.78, 5) is 13.1. The number of benzene rings is 1. The fourth-order valence-electron chi connectivity index (χ4n) is 4.01. The molecule has 4 atom stereocenters. The van der Waals surface area contributed by atoms with Gasteiger partial charge in [-0.25, -0.2) is 9.97 Å². The molecule has 0 amide bonds. The molecule has 2 aromatic heterocycles. The Bertz CT molecular complexity index is 1180. The molecule has 4 rings (SSSR count). The zero-order valence-corrected chi connectivity index (χ0v) is 19.1.